The van der Waals surface area contributed by atoms with Crippen molar-refractivity contribution in [3.8, 4) is 17.0 Å². The molecule has 0 fully saturated rings. The highest BCUT2D eigenvalue weighted by molar-refractivity contribution is 7.18. The molecule has 150 valence electrons. The van der Waals surface area contributed by atoms with Crippen LogP contribution in [0.15, 0.2) is 54.6 Å². The number of benzene rings is 2. The number of amides is 1. The molecule has 0 aliphatic carbocycles. The van der Waals surface area contributed by atoms with Crippen molar-refractivity contribution in [1.82, 2.24) is 4.98 Å². The van der Waals surface area contributed by atoms with Crippen molar-refractivity contribution in [2.75, 3.05) is 19.0 Å². The Morgan fingerprint density at radius 3 is 2.52 bits per heavy atom. The van der Waals surface area contributed by atoms with Crippen LogP contribution in [0.4, 0.5) is 5.13 Å². The number of carbonyl (C=O) groups is 2. The third kappa shape index (κ3) is 5.20. The minimum absolute atomic E-state index is 0.181. The molecule has 7 heteroatoms. The molecule has 3 rings (SSSR count). The monoisotopic (exact) mass is 410 g/mol. The number of esters is 1. The molecule has 0 unspecified atom stereocenters. The molecule has 0 aliphatic heterocycles. The first-order chi connectivity index (χ1) is 14.1. The summed E-state index contributed by atoms with van der Waals surface area (Å²) in [5, 5.41) is 3.17. The van der Waals surface area contributed by atoms with Crippen LogP contribution in [0.1, 0.15) is 28.6 Å². The van der Waals surface area contributed by atoms with E-state index < -0.39 is 5.97 Å². The Morgan fingerprint density at radius 2 is 1.79 bits per heavy atom. The van der Waals surface area contributed by atoms with Gasteiger partial charge in [-0.2, -0.15) is 0 Å². The van der Waals surface area contributed by atoms with E-state index in [-0.39, 0.29) is 18.9 Å². The van der Waals surface area contributed by atoms with Gasteiger partial charge >= 0.3 is 5.97 Å². The van der Waals surface area contributed by atoms with Gasteiger partial charge in [-0.15, -0.1) is 0 Å². The predicted octanol–water partition coefficient (Wildman–Crippen LogP) is 4.57. The molecule has 0 bridgehead atoms. The first kappa shape index (κ1) is 20.5. The number of ether oxygens (including phenoxy) is 2. The maximum absolute atomic E-state index is 12.4. The Balaban J connectivity index is 1.75. The van der Waals surface area contributed by atoms with Gasteiger partial charge in [0.1, 0.15) is 10.6 Å². The average Bonchev–Trinajstić information content (AvgIpc) is 3.17. The fourth-order valence-electron chi connectivity index (χ4n) is 2.84. The zero-order chi connectivity index (χ0) is 20.6. The molecule has 3 aromatic rings. The number of para-hydroxylation sites is 1. The Bertz CT molecular complexity index is 985. The van der Waals surface area contributed by atoms with E-state index in [2.05, 4.69) is 10.3 Å². The smallest absolute Gasteiger partial charge is 0.350 e. The SMILES string of the molecule is CCOC(=O)c1sc(NC(=O)CCc2ccccc2OC)nc1-c1ccccc1. The summed E-state index contributed by atoms with van der Waals surface area (Å²) in [6.45, 7) is 2.02. The number of aryl methyl sites for hydroxylation is 1. The van der Waals surface area contributed by atoms with Gasteiger partial charge in [-0.05, 0) is 25.0 Å². The summed E-state index contributed by atoms with van der Waals surface area (Å²) in [5.41, 5.74) is 2.26. The van der Waals surface area contributed by atoms with Gasteiger partial charge in [0.05, 0.1) is 19.4 Å². The lowest BCUT2D eigenvalue weighted by molar-refractivity contribution is -0.116. The molecule has 1 heterocycles. The van der Waals surface area contributed by atoms with E-state index >= 15 is 0 Å². The third-order valence-corrected chi connectivity index (χ3v) is 5.15. The summed E-state index contributed by atoms with van der Waals surface area (Å²) in [7, 11) is 1.61. The second-order valence-corrected chi connectivity index (χ2v) is 7.14. The molecular weight excluding hydrogens is 388 g/mol. The zero-order valence-corrected chi connectivity index (χ0v) is 17.1. The quantitative estimate of drug-likeness (QED) is 0.551. The topological polar surface area (TPSA) is 77.5 Å². The van der Waals surface area contributed by atoms with Crippen molar-refractivity contribution >= 4 is 28.3 Å². The molecule has 6 nitrogen and oxygen atoms in total. The largest absolute Gasteiger partial charge is 0.496 e. The molecule has 0 aliphatic rings. The fourth-order valence-corrected chi connectivity index (χ4v) is 3.74. The number of nitrogens with zero attached hydrogens (tertiary/aromatic N) is 1. The molecule has 1 amide bonds. The summed E-state index contributed by atoms with van der Waals surface area (Å²) < 4.78 is 10.5. The first-order valence-electron chi connectivity index (χ1n) is 9.27. The van der Waals surface area contributed by atoms with E-state index in [1.54, 1.807) is 14.0 Å². The summed E-state index contributed by atoms with van der Waals surface area (Å²) in [6.07, 6.45) is 0.812. The average molecular weight is 410 g/mol. The van der Waals surface area contributed by atoms with Crippen LogP contribution < -0.4 is 10.1 Å². The van der Waals surface area contributed by atoms with E-state index in [0.29, 0.717) is 22.1 Å². The second-order valence-electron chi connectivity index (χ2n) is 6.14. The van der Waals surface area contributed by atoms with E-state index in [0.717, 1.165) is 28.2 Å². The lowest BCUT2D eigenvalue weighted by atomic mass is 10.1. The number of carbonyl (C=O) groups excluding carboxylic acids is 2. The van der Waals surface area contributed by atoms with Gasteiger partial charge in [-0.25, -0.2) is 9.78 Å². The fraction of sp³-hybridized carbons (Fsp3) is 0.227. The predicted molar refractivity (Wildman–Crippen MR) is 113 cm³/mol. The maximum Gasteiger partial charge on any atom is 0.350 e. The zero-order valence-electron chi connectivity index (χ0n) is 16.3. The van der Waals surface area contributed by atoms with Crippen LogP contribution in [-0.4, -0.2) is 30.6 Å². The van der Waals surface area contributed by atoms with Crippen molar-refractivity contribution in [3.05, 3.63) is 65.0 Å². The normalized spacial score (nSPS) is 10.4. The highest BCUT2D eigenvalue weighted by atomic mass is 32.1. The minimum Gasteiger partial charge on any atom is -0.496 e. The maximum atomic E-state index is 12.4. The van der Waals surface area contributed by atoms with E-state index in [1.807, 2.05) is 54.6 Å². The van der Waals surface area contributed by atoms with E-state index in [9.17, 15) is 9.59 Å². The molecule has 1 aromatic heterocycles. The van der Waals surface area contributed by atoms with Gasteiger partial charge in [0, 0.05) is 12.0 Å². The van der Waals surface area contributed by atoms with Gasteiger partial charge in [-0.3, -0.25) is 4.79 Å². The van der Waals surface area contributed by atoms with Gasteiger partial charge in [0.25, 0.3) is 0 Å². The highest BCUT2D eigenvalue weighted by Gasteiger charge is 2.21. The second kappa shape index (κ2) is 9.84. The van der Waals surface area contributed by atoms with Crippen LogP contribution in [-0.2, 0) is 16.0 Å². The number of aromatic nitrogens is 1. The Hall–Kier alpha value is -3.19. The third-order valence-electron chi connectivity index (χ3n) is 4.20. The van der Waals surface area contributed by atoms with Crippen molar-refractivity contribution in [1.29, 1.82) is 0 Å². The minimum atomic E-state index is -0.446. The van der Waals surface area contributed by atoms with Gasteiger partial charge in [0.2, 0.25) is 5.91 Å². The standard InChI is InChI=1S/C22H22N2O4S/c1-3-28-21(26)20-19(16-10-5-4-6-11-16)24-22(29-20)23-18(25)14-13-15-9-7-8-12-17(15)27-2/h4-12H,3,13-14H2,1-2H3,(H,23,24,25). The van der Waals surface area contributed by atoms with Crippen molar-refractivity contribution < 1.29 is 19.1 Å². The number of anilines is 1. The van der Waals surface area contributed by atoms with Gasteiger partial charge in [-0.1, -0.05) is 59.9 Å². The summed E-state index contributed by atoms with van der Waals surface area (Å²) in [6, 6.07) is 17.0. The van der Waals surface area contributed by atoms with Gasteiger partial charge in [0.15, 0.2) is 5.13 Å². The lowest BCUT2D eigenvalue weighted by Crippen LogP contribution is -2.12. The van der Waals surface area contributed by atoms with Crippen LogP contribution in [0.25, 0.3) is 11.3 Å². The van der Waals surface area contributed by atoms with Gasteiger partial charge < -0.3 is 14.8 Å². The molecule has 0 atom stereocenters. The van der Waals surface area contributed by atoms with E-state index in [4.69, 9.17) is 9.47 Å². The molecule has 0 spiro atoms. The van der Waals surface area contributed by atoms with Crippen molar-refractivity contribution in [3.63, 3.8) is 0 Å². The van der Waals surface area contributed by atoms with Crippen LogP contribution in [0.2, 0.25) is 0 Å². The van der Waals surface area contributed by atoms with Crippen LogP contribution in [0, 0.1) is 0 Å². The van der Waals surface area contributed by atoms with Crippen LogP contribution in [0.3, 0.4) is 0 Å². The molecular formula is C22H22N2O4S. The molecule has 1 N–H and O–H groups in total. The number of rotatable bonds is 8. The number of nitrogens with one attached hydrogen (secondary N) is 1. The Morgan fingerprint density at radius 1 is 1.07 bits per heavy atom. The van der Waals surface area contributed by atoms with Crippen LogP contribution >= 0.6 is 11.3 Å². The lowest BCUT2D eigenvalue weighted by Gasteiger charge is -2.07. The molecule has 0 saturated heterocycles. The van der Waals surface area contributed by atoms with Crippen molar-refractivity contribution in [2.24, 2.45) is 0 Å². The number of methoxy groups -OCH3 is 1. The molecule has 2 aromatic carbocycles. The summed E-state index contributed by atoms with van der Waals surface area (Å²) >= 11 is 1.12. The van der Waals surface area contributed by atoms with Crippen molar-refractivity contribution in [2.45, 2.75) is 19.8 Å². The van der Waals surface area contributed by atoms with E-state index in [1.165, 1.54) is 0 Å². The Kier molecular flexibility index (Phi) is 6.97. The first-order valence-corrected chi connectivity index (χ1v) is 10.1. The number of hydrogen-bond acceptors (Lipinski definition) is 6. The van der Waals surface area contributed by atoms with Crippen LogP contribution in [0.5, 0.6) is 5.75 Å². The summed E-state index contributed by atoms with van der Waals surface area (Å²) in [4.78, 5) is 29.6. The molecule has 29 heavy (non-hydrogen) atoms. The molecule has 0 radical (unpaired) electrons. The number of hydrogen-bond donors (Lipinski definition) is 1. The molecule has 0 saturated carbocycles. The number of thiazole rings is 1. The highest BCUT2D eigenvalue weighted by Crippen LogP contribution is 2.32. The summed E-state index contributed by atoms with van der Waals surface area (Å²) in [5.74, 6) is 0.128. The Labute approximate surface area is 173 Å².